The molecule has 2 aliphatic rings. The van der Waals surface area contributed by atoms with Crippen LogP contribution in [-0.4, -0.2) is 140 Å². The summed E-state index contributed by atoms with van der Waals surface area (Å²) in [6.45, 7) is 2.75. The van der Waals surface area contributed by atoms with E-state index in [1.165, 1.54) is 167 Å². The number of allylic oxidation sites excluding steroid dienone is 1. The fraction of sp³-hybridized carbons (Fsp3) is 0.944. The lowest BCUT2D eigenvalue weighted by atomic mass is 9.97. The van der Waals surface area contributed by atoms with Gasteiger partial charge in [0, 0.05) is 6.42 Å². The maximum Gasteiger partial charge on any atom is 0.220 e. The van der Waals surface area contributed by atoms with E-state index in [1.807, 2.05) is 6.08 Å². The molecule has 0 aromatic rings. The van der Waals surface area contributed by atoms with E-state index in [0.29, 0.717) is 6.42 Å². The summed E-state index contributed by atoms with van der Waals surface area (Å²) in [5, 5.41) is 86.6. The first-order valence-corrected chi connectivity index (χ1v) is 27.9. The van der Waals surface area contributed by atoms with Gasteiger partial charge in [-0.3, -0.25) is 4.79 Å². The summed E-state index contributed by atoms with van der Waals surface area (Å²) in [5.74, 6) is -0.244. The van der Waals surface area contributed by atoms with Crippen LogP contribution >= 0.6 is 0 Å². The van der Waals surface area contributed by atoms with Crippen LogP contribution < -0.4 is 5.32 Å². The summed E-state index contributed by atoms with van der Waals surface area (Å²) >= 11 is 0. The van der Waals surface area contributed by atoms with Crippen molar-refractivity contribution in [1.82, 2.24) is 5.32 Å². The SMILES string of the molecule is CCCCCCCCCCCCCCCCCCCCCCCCCCC/C=C/C(O)C(COC1OC(CO)C(OC2OC(CO)C(O)C(O)C2O)C(O)C1O)NC(=O)CCCCCCCCC. The predicted molar refractivity (Wildman–Crippen MR) is 268 cm³/mol. The Hall–Kier alpha value is -1.27. The molecule has 2 heterocycles. The summed E-state index contributed by atoms with van der Waals surface area (Å²) in [7, 11) is 0. The zero-order valence-electron chi connectivity index (χ0n) is 42.9. The Morgan fingerprint density at radius 2 is 0.912 bits per heavy atom. The molecule has 2 fully saturated rings. The van der Waals surface area contributed by atoms with Gasteiger partial charge in [0.05, 0.1) is 32.0 Å². The quantitative estimate of drug-likeness (QED) is 0.0207. The summed E-state index contributed by atoms with van der Waals surface area (Å²) < 4.78 is 22.7. The molecule has 0 aliphatic carbocycles. The Kier molecular flexibility index (Phi) is 38.1. The summed E-state index contributed by atoms with van der Waals surface area (Å²) in [6.07, 6.45) is 28.8. The second-order valence-corrected chi connectivity index (χ2v) is 20.1. The van der Waals surface area contributed by atoms with Gasteiger partial charge in [-0.2, -0.15) is 0 Å². The Balaban J connectivity index is 1.67. The molecule has 2 saturated heterocycles. The van der Waals surface area contributed by atoms with Crippen molar-refractivity contribution in [3.05, 3.63) is 12.2 Å². The highest BCUT2D eigenvalue weighted by atomic mass is 16.7. The van der Waals surface area contributed by atoms with Gasteiger partial charge in [-0.15, -0.1) is 0 Å². The average Bonchev–Trinajstić information content (AvgIpc) is 3.34. The zero-order valence-corrected chi connectivity index (χ0v) is 42.9. The van der Waals surface area contributed by atoms with Crippen molar-refractivity contribution < 1.29 is 64.6 Å². The summed E-state index contributed by atoms with van der Waals surface area (Å²) in [6, 6.07) is -0.907. The van der Waals surface area contributed by atoms with Crippen molar-refractivity contribution in [2.24, 2.45) is 0 Å². The number of amides is 1. The number of hydrogen-bond donors (Lipinski definition) is 9. The van der Waals surface area contributed by atoms with Crippen LogP contribution in [0.25, 0.3) is 0 Å². The third kappa shape index (κ3) is 27.5. The van der Waals surface area contributed by atoms with E-state index in [0.717, 1.165) is 38.5 Å². The van der Waals surface area contributed by atoms with Crippen LogP contribution in [0.3, 0.4) is 0 Å². The lowest BCUT2D eigenvalue weighted by Crippen LogP contribution is -2.65. The standard InChI is InChI=1S/C54H103NO13/c1-3-5-7-9-11-12-13-14-15-16-17-18-19-20-21-22-23-24-25-26-27-28-29-30-32-33-35-37-43(58)42(55-46(59)38-36-34-31-10-8-6-4-2)41-65-53-51(64)49(62)52(45(40-57)67-53)68-54-50(63)48(61)47(60)44(39-56)66-54/h35,37,42-45,47-54,56-58,60-64H,3-34,36,38-41H2,1-2H3,(H,55,59)/b37-35+. The van der Waals surface area contributed by atoms with Crippen molar-refractivity contribution in [1.29, 1.82) is 0 Å². The van der Waals surface area contributed by atoms with E-state index in [1.54, 1.807) is 6.08 Å². The van der Waals surface area contributed by atoms with E-state index in [-0.39, 0.29) is 18.9 Å². The monoisotopic (exact) mass is 974 g/mol. The minimum atomic E-state index is -1.78. The van der Waals surface area contributed by atoms with Crippen molar-refractivity contribution >= 4 is 5.91 Å². The van der Waals surface area contributed by atoms with Crippen LogP contribution in [0.15, 0.2) is 12.2 Å². The largest absolute Gasteiger partial charge is 0.394 e. The van der Waals surface area contributed by atoms with Crippen molar-refractivity contribution in [2.75, 3.05) is 19.8 Å². The molecule has 12 atom stereocenters. The Morgan fingerprint density at radius 1 is 0.515 bits per heavy atom. The normalized spacial score (nSPS) is 26.4. The van der Waals surface area contributed by atoms with Crippen molar-refractivity contribution in [3.8, 4) is 0 Å². The molecule has 0 aromatic carbocycles. The second-order valence-electron chi connectivity index (χ2n) is 20.1. The number of nitrogens with one attached hydrogen (secondary N) is 1. The van der Waals surface area contributed by atoms with Crippen LogP contribution in [0.2, 0.25) is 0 Å². The van der Waals surface area contributed by atoms with Gasteiger partial charge in [0.25, 0.3) is 0 Å². The molecule has 14 heteroatoms. The van der Waals surface area contributed by atoms with Crippen LogP contribution in [0, 0.1) is 0 Å². The van der Waals surface area contributed by atoms with Gasteiger partial charge < -0.3 is 65.1 Å². The lowest BCUT2D eigenvalue weighted by Gasteiger charge is -2.46. The minimum Gasteiger partial charge on any atom is -0.394 e. The number of unbranched alkanes of at least 4 members (excludes halogenated alkanes) is 31. The molecule has 0 spiro atoms. The Labute approximate surface area is 412 Å². The number of ether oxygens (including phenoxy) is 4. The van der Waals surface area contributed by atoms with E-state index in [2.05, 4.69) is 19.2 Å². The number of rotatable bonds is 44. The van der Waals surface area contributed by atoms with Gasteiger partial charge in [-0.25, -0.2) is 0 Å². The van der Waals surface area contributed by atoms with Crippen LogP contribution in [0.1, 0.15) is 232 Å². The average molecular weight is 974 g/mol. The first-order chi connectivity index (χ1) is 33.1. The Morgan fingerprint density at radius 3 is 1.35 bits per heavy atom. The van der Waals surface area contributed by atoms with E-state index < -0.39 is 86.8 Å². The first kappa shape index (κ1) is 62.8. The van der Waals surface area contributed by atoms with Crippen molar-refractivity contribution in [3.63, 3.8) is 0 Å². The van der Waals surface area contributed by atoms with Gasteiger partial charge >= 0.3 is 0 Å². The van der Waals surface area contributed by atoms with Crippen LogP contribution in [-0.2, 0) is 23.7 Å². The lowest BCUT2D eigenvalue weighted by molar-refractivity contribution is -0.359. The number of aliphatic hydroxyl groups is 8. The third-order valence-corrected chi connectivity index (χ3v) is 14.0. The van der Waals surface area contributed by atoms with E-state index >= 15 is 0 Å². The highest BCUT2D eigenvalue weighted by Gasteiger charge is 2.51. The molecule has 402 valence electrons. The Bertz CT molecular complexity index is 1200. The maximum absolute atomic E-state index is 13.1. The molecule has 12 unspecified atom stereocenters. The van der Waals surface area contributed by atoms with Crippen LogP contribution in [0.5, 0.6) is 0 Å². The smallest absolute Gasteiger partial charge is 0.220 e. The molecule has 2 aliphatic heterocycles. The molecule has 0 bridgehead atoms. The molecular formula is C54H103NO13. The fourth-order valence-corrected chi connectivity index (χ4v) is 9.41. The molecule has 1 amide bonds. The van der Waals surface area contributed by atoms with Gasteiger partial charge in [0.2, 0.25) is 5.91 Å². The highest BCUT2D eigenvalue weighted by molar-refractivity contribution is 5.76. The first-order valence-electron chi connectivity index (χ1n) is 27.9. The van der Waals surface area contributed by atoms with Crippen molar-refractivity contribution in [2.45, 2.75) is 306 Å². The van der Waals surface area contributed by atoms with Gasteiger partial charge in [-0.05, 0) is 19.3 Å². The molecular weight excluding hydrogens is 871 g/mol. The maximum atomic E-state index is 13.1. The van der Waals surface area contributed by atoms with E-state index in [9.17, 15) is 45.6 Å². The third-order valence-electron chi connectivity index (χ3n) is 14.0. The number of carbonyl (C=O) groups is 1. The van der Waals surface area contributed by atoms with Gasteiger partial charge in [0.15, 0.2) is 12.6 Å². The summed E-state index contributed by atoms with van der Waals surface area (Å²) in [5.41, 5.74) is 0. The molecule has 0 saturated carbocycles. The number of hydrogen-bond acceptors (Lipinski definition) is 13. The molecule has 2 rings (SSSR count). The number of carbonyl (C=O) groups excluding carboxylic acids is 1. The molecule has 9 N–H and O–H groups in total. The van der Waals surface area contributed by atoms with Gasteiger partial charge in [0.1, 0.15) is 48.8 Å². The molecule has 0 radical (unpaired) electrons. The van der Waals surface area contributed by atoms with Crippen LogP contribution in [0.4, 0.5) is 0 Å². The second kappa shape index (κ2) is 41.2. The molecule has 68 heavy (non-hydrogen) atoms. The highest BCUT2D eigenvalue weighted by Crippen LogP contribution is 2.30. The molecule has 0 aromatic heterocycles. The minimum absolute atomic E-state index is 0.244. The summed E-state index contributed by atoms with van der Waals surface area (Å²) in [4.78, 5) is 13.1. The topological polar surface area (TPSA) is 228 Å². The van der Waals surface area contributed by atoms with Gasteiger partial charge in [-0.1, -0.05) is 219 Å². The predicted octanol–water partition coefficient (Wildman–Crippen LogP) is 8.33. The zero-order chi connectivity index (χ0) is 49.6. The molecule has 14 nitrogen and oxygen atoms in total. The fourth-order valence-electron chi connectivity index (χ4n) is 9.41. The van der Waals surface area contributed by atoms with E-state index in [4.69, 9.17) is 18.9 Å². The number of aliphatic hydroxyl groups excluding tert-OH is 8.